The van der Waals surface area contributed by atoms with Gasteiger partial charge in [0.15, 0.2) is 5.96 Å². The van der Waals surface area contributed by atoms with Crippen LogP contribution in [0.2, 0.25) is 0 Å². The Bertz CT molecular complexity index is 374. The molecule has 0 saturated heterocycles. The zero-order chi connectivity index (χ0) is 12.5. The highest BCUT2D eigenvalue weighted by Crippen LogP contribution is 2.15. The number of nitrogens with zero attached hydrogens (tertiary/aromatic N) is 1. The number of anilines is 1. The number of aliphatic imine (C=N–C) groups is 1. The van der Waals surface area contributed by atoms with Gasteiger partial charge in [0.25, 0.3) is 0 Å². The van der Waals surface area contributed by atoms with Crippen LogP contribution in [0.1, 0.15) is 12.0 Å². The molecule has 0 fully saturated rings. The molecule has 0 radical (unpaired) electrons. The Labute approximate surface area is 124 Å². The molecule has 0 atom stereocenters. The Kier molecular flexibility index (Phi) is 9.57. The maximum atomic E-state index is 11.9. The Morgan fingerprint density at radius 1 is 1.44 bits per heavy atom. The van der Waals surface area contributed by atoms with Gasteiger partial charge < -0.3 is 15.8 Å². The summed E-state index contributed by atoms with van der Waals surface area (Å²) in [4.78, 5) is 4.01. The van der Waals surface area contributed by atoms with Crippen molar-refractivity contribution in [3.05, 3.63) is 29.8 Å². The van der Waals surface area contributed by atoms with E-state index in [9.17, 15) is 4.39 Å². The second-order valence-electron chi connectivity index (χ2n) is 3.52. The third kappa shape index (κ3) is 6.15. The van der Waals surface area contributed by atoms with Gasteiger partial charge in [0.1, 0.15) is 0 Å². The van der Waals surface area contributed by atoms with E-state index in [2.05, 4.69) is 10.3 Å². The molecule has 1 aromatic rings. The minimum Gasteiger partial charge on any atom is -0.380 e. The number of nitrogens with two attached hydrogens (primary N) is 1. The summed E-state index contributed by atoms with van der Waals surface area (Å²) in [6.45, 7) is 0.514. The van der Waals surface area contributed by atoms with Crippen molar-refractivity contribution in [1.82, 2.24) is 0 Å². The average molecular weight is 367 g/mol. The fourth-order valence-corrected chi connectivity index (χ4v) is 1.36. The summed E-state index contributed by atoms with van der Waals surface area (Å²) >= 11 is 0. The van der Waals surface area contributed by atoms with Crippen molar-refractivity contribution >= 4 is 35.6 Å². The topological polar surface area (TPSA) is 59.6 Å². The van der Waals surface area contributed by atoms with Crippen LogP contribution in [0.15, 0.2) is 29.3 Å². The van der Waals surface area contributed by atoms with Gasteiger partial charge in [-0.1, -0.05) is 18.2 Å². The lowest BCUT2D eigenvalue weighted by molar-refractivity contribution is 0.185. The number of rotatable bonds is 6. The normalized spacial score (nSPS) is 10.9. The van der Waals surface area contributed by atoms with E-state index in [-0.39, 0.29) is 30.7 Å². The molecule has 0 bridgehead atoms. The van der Waals surface area contributed by atoms with Crippen molar-refractivity contribution in [2.75, 3.05) is 25.6 Å². The van der Waals surface area contributed by atoms with Gasteiger partial charge in [0.05, 0.1) is 13.3 Å². The highest BCUT2D eigenvalue weighted by Gasteiger charge is 2.01. The zero-order valence-electron chi connectivity index (χ0n) is 10.4. The number of hydrogen-bond acceptors (Lipinski definition) is 2. The lowest BCUT2D eigenvalue weighted by Crippen LogP contribution is -2.23. The maximum absolute atomic E-state index is 11.9. The van der Waals surface area contributed by atoms with E-state index in [0.717, 1.165) is 11.3 Å². The molecule has 0 aromatic heterocycles. The van der Waals surface area contributed by atoms with E-state index >= 15 is 0 Å². The summed E-state index contributed by atoms with van der Waals surface area (Å²) in [5.41, 5.74) is 7.54. The predicted molar refractivity (Wildman–Crippen MR) is 83.3 cm³/mol. The standard InChI is InChI=1S/C12H18FN3O.HI/c1-17-9-10-5-2-3-6-11(10)16-12(14)15-8-4-7-13;/h2-3,5-6H,4,7-9H2,1H3,(H3,14,15,16);1H. The first-order valence-corrected chi connectivity index (χ1v) is 5.47. The minimum atomic E-state index is -0.378. The fraction of sp³-hybridized carbons (Fsp3) is 0.417. The van der Waals surface area contributed by atoms with Crippen LogP contribution >= 0.6 is 24.0 Å². The molecule has 0 saturated carbocycles. The quantitative estimate of drug-likeness (QED) is 0.352. The smallest absolute Gasteiger partial charge is 0.193 e. The first-order valence-electron chi connectivity index (χ1n) is 5.47. The average Bonchev–Trinajstić information content (AvgIpc) is 2.32. The number of methoxy groups -OCH3 is 1. The maximum Gasteiger partial charge on any atom is 0.193 e. The number of hydrogen-bond donors (Lipinski definition) is 2. The number of guanidine groups is 1. The number of ether oxygens (including phenoxy) is 1. The number of halogens is 2. The largest absolute Gasteiger partial charge is 0.380 e. The molecule has 0 amide bonds. The lowest BCUT2D eigenvalue weighted by atomic mass is 10.2. The molecular weight excluding hydrogens is 348 g/mol. The van der Waals surface area contributed by atoms with Crippen molar-refractivity contribution in [2.24, 2.45) is 10.7 Å². The van der Waals surface area contributed by atoms with E-state index in [1.165, 1.54) is 0 Å². The van der Waals surface area contributed by atoms with Crippen molar-refractivity contribution in [3.63, 3.8) is 0 Å². The van der Waals surface area contributed by atoms with Gasteiger partial charge in [-0.05, 0) is 12.5 Å². The molecule has 0 aliphatic heterocycles. The molecule has 1 rings (SSSR count). The van der Waals surface area contributed by atoms with Crippen LogP contribution in [-0.4, -0.2) is 26.3 Å². The summed E-state index contributed by atoms with van der Waals surface area (Å²) in [7, 11) is 1.63. The molecule has 3 N–H and O–H groups in total. The monoisotopic (exact) mass is 367 g/mol. The van der Waals surface area contributed by atoms with Gasteiger partial charge in [-0.3, -0.25) is 9.38 Å². The van der Waals surface area contributed by atoms with Gasteiger partial charge in [-0.15, -0.1) is 24.0 Å². The molecule has 0 unspecified atom stereocenters. The van der Waals surface area contributed by atoms with Gasteiger partial charge in [-0.25, -0.2) is 0 Å². The second-order valence-corrected chi connectivity index (χ2v) is 3.52. The summed E-state index contributed by atoms with van der Waals surface area (Å²) in [5.74, 6) is 0.294. The van der Waals surface area contributed by atoms with Gasteiger partial charge in [-0.2, -0.15) is 0 Å². The van der Waals surface area contributed by atoms with Crippen LogP contribution in [-0.2, 0) is 11.3 Å². The van der Waals surface area contributed by atoms with E-state index in [1.807, 2.05) is 24.3 Å². The van der Waals surface area contributed by atoms with Crippen LogP contribution in [0.25, 0.3) is 0 Å². The molecule has 0 heterocycles. The molecule has 18 heavy (non-hydrogen) atoms. The Morgan fingerprint density at radius 2 is 2.17 bits per heavy atom. The van der Waals surface area contributed by atoms with E-state index < -0.39 is 0 Å². The van der Waals surface area contributed by atoms with Crippen LogP contribution in [0.3, 0.4) is 0 Å². The van der Waals surface area contributed by atoms with Crippen molar-refractivity contribution < 1.29 is 9.13 Å². The van der Waals surface area contributed by atoms with Crippen molar-refractivity contribution in [1.29, 1.82) is 0 Å². The fourth-order valence-electron chi connectivity index (χ4n) is 1.36. The molecule has 4 nitrogen and oxygen atoms in total. The third-order valence-corrected chi connectivity index (χ3v) is 2.15. The Morgan fingerprint density at radius 3 is 2.83 bits per heavy atom. The van der Waals surface area contributed by atoms with Gasteiger partial charge in [0, 0.05) is 24.9 Å². The van der Waals surface area contributed by atoms with Crippen LogP contribution in [0.5, 0.6) is 0 Å². The molecule has 0 aliphatic carbocycles. The van der Waals surface area contributed by atoms with Crippen LogP contribution < -0.4 is 11.1 Å². The van der Waals surface area contributed by atoms with Crippen LogP contribution in [0.4, 0.5) is 10.1 Å². The van der Waals surface area contributed by atoms with Crippen LogP contribution in [0, 0.1) is 0 Å². The van der Waals surface area contributed by atoms with Crippen molar-refractivity contribution in [2.45, 2.75) is 13.0 Å². The molecule has 6 heteroatoms. The first kappa shape index (κ1) is 17.1. The molecule has 0 spiro atoms. The number of alkyl halides is 1. The SMILES string of the molecule is COCc1ccccc1NC(N)=NCCCF.I. The highest BCUT2D eigenvalue weighted by atomic mass is 127. The summed E-state index contributed by atoms with van der Waals surface area (Å²) in [6, 6.07) is 7.67. The molecule has 0 aliphatic rings. The molecule has 1 aromatic carbocycles. The predicted octanol–water partition coefficient (Wildman–Crippen LogP) is 2.54. The molecule has 102 valence electrons. The van der Waals surface area contributed by atoms with E-state index in [1.54, 1.807) is 7.11 Å². The van der Waals surface area contributed by atoms with E-state index in [0.29, 0.717) is 25.5 Å². The first-order chi connectivity index (χ1) is 8.27. The summed E-state index contributed by atoms with van der Waals surface area (Å²) < 4.78 is 17.0. The second kappa shape index (κ2) is 10.1. The zero-order valence-corrected chi connectivity index (χ0v) is 12.7. The number of nitrogens with one attached hydrogen (secondary N) is 1. The lowest BCUT2D eigenvalue weighted by Gasteiger charge is -2.10. The third-order valence-electron chi connectivity index (χ3n) is 2.15. The number of benzene rings is 1. The molecular formula is C12H19FIN3O. The van der Waals surface area contributed by atoms with Gasteiger partial charge in [0.2, 0.25) is 0 Å². The Hall–Kier alpha value is -0.890. The number of para-hydroxylation sites is 1. The van der Waals surface area contributed by atoms with Gasteiger partial charge >= 0.3 is 0 Å². The summed E-state index contributed by atoms with van der Waals surface area (Å²) in [5, 5.41) is 2.98. The summed E-state index contributed by atoms with van der Waals surface area (Å²) in [6.07, 6.45) is 0.391. The highest BCUT2D eigenvalue weighted by molar-refractivity contribution is 14.0. The minimum absolute atomic E-state index is 0. The van der Waals surface area contributed by atoms with Crippen molar-refractivity contribution in [3.8, 4) is 0 Å². The Balaban J connectivity index is 0.00000289. The van der Waals surface area contributed by atoms with E-state index in [4.69, 9.17) is 10.5 Å².